The van der Waals surface area contributed by atoms with Gasteiger partial charge in [0.15, 0.2) is 5.11 Å². The predicted octanol–water partition coefficient (Wildman–Crippen LogP) is 3.45. The number of nitrogens with one attached hydrogen (secondary N) is 2. The van der Waals surface area contributed by atoms with Crippen molar-refractivity contribution in [3.05, 3.63) is 40.3 Å². The second-order valence-electron chi connectivity index (χ2n) is 5.02. The minimum absolute atomic E-state index is 0.234. The Kier molecular flexibility index (Phi) is 6.53. The molecule has 0 bridgehead atoms. The first-order valence-electron chi connectivity index (χ1n) is 7.44. The standard InChI is InChI=1S/C17H18N2O5S2/c1-9-12(15(20)23-3)14(26-13(9)16(21)24-4)19-17(25)18-10-7-5-6-8-11(10)22-2/h5-8H,1-4H3,(H2,18,19,25). The zero-order valence-corrected chi connectivity index (χ0v) is 16.3. The van der Waals surface area contributed by atoms with Crippen molar-refractivity contribution in [2.45, 2.75) is 6.92 Å². The van der Waals surface area contributed by atoms with Gasteiger partial charge in [-0.05, 0) is 36.8 Å². The molecule has 0 aliphatic heterocycles. The van der Waals surface area contributed by atoms with E-state index in [1.165, 1.54) is 14.2 Å². The van der Waals surface area contributed by atoms with Gasteiger partial charge in [-0.25, -0.2) is 9.59 Å². The lowest BCUT2D eigenvalue weighted by atomic mass is 10.1. The number of thiocarbonyl (C=S) groups is 1. The number of ether oxygens (including phenoxy) is 3. The Morgan fingerprint density at radius 2 is 1.69 bits per heavy atom. The number of esters is 2. The first-order chi connectivity index (χ1) is 12.4. The monoisotopic (exact) mass is 394 g/mol. The van der Waals surface area contributed by atoms with Crippen molar-refractivity contribution < 1.29 is 23.8 Å². The van der Waals surface area contributed by atoms with Gasteiger partial charge in [-0.2, -0.15) is 0 Å². The maximum absolute atomic E-state index is 12.1. The van der Waals surface area contributed by atoms with Gasteiger partial charge >= 0.3 is 11.9 Å². The molecule has 9 heteroatoms. The number of rotatable bonds is 5. The van der Waals surface area contributed by atoms with E-state index in [4.69, 9.17) is 26.4 Å². The number of anilines is 2. The van der Waals surface area contributed by atoms with Crippen LogP contribution in [-0.2, 0) is 9.47 Å². The number of carbonyl (C=O) groups is 2. The summed E-state index contributed by atoms with van der Waals surface area (Å²) in [5, 5.41) is 6.56. The van der Waals surface area contributed by atoms with E-state index in [0.717, 1.165) is 11.3 Å². The molecule has 26 heavy (non-hydrogen) atoms. The molecule has 0 radical (unpaired) electrons. The minimum atomic E-state index is -0.573. The molecule has 1 aromatic carbocycles. The summed E-state index contributed by atoms with van der Waals surface area (Å²) in [7, 11) is 4.10. The fraction of sp³-hybridized carbons (Fsp3) is 0.235. The molecule has 0 saturated heterocycles. The van der Waals surface area contributed by atoms with Crippen LogP contribution >= 0.6 is 23.6 Å². The van der Waals surface area contributed by atoms with Gasteiger partial charge in [0, 0.05) is 0 Å². The molecule has 0 aliphatic rings. The second kappa shape index (κ2) is 8.63. The highest BCUT2D eigenvalue weighted by Gasteiger charge is 2.26. The average Bonchev–Trinajstić information content (AvgIpc) is 2.96. The number of carbonyl (C=O) groups excluding carboxylic acids is 2. The fourth-order valence-electron chi connectivity index (χ4n) is 2.24. The highest BCUT2D eigenvalue weighted by atomic mass is 32.1. The molecule has 2 N–H and O–H groups in total. The lowest BCUT2D eigenvalue weighted by molar-refractivity contribution is 0.0601. The molecule has 0 spiro atoms. The van der Waals surface area contributed by atoms with Crippen molar-refractivity contribution in [2.24, 2.45) is 0 Å². The Labute approximate surface area is 160 Å². The van der Waals surface area contributed by atoms with Crippen LogP contribution in [0.5, 0.6) is 5.75 Å². The van der Waals surface area contributed by atoms with Gasteiger partial charge < -0.3 is 24.8 Å². The molecular formula is C17H18N2O5S2. The van der Waals surface area contributed by atoms with Gasteiger partial charge in [0.25, 0.3) is 0 Å². The summed E-state index contributed by atoms with van der Waals surface area (Å²) in [6.45, 7) is 1.65. The lowest BCUT2D eigenvalue weighted by Gasteiger charge is -2.13. The number of benzene rings is 1. The topological polar surface area (TPSA) is 85.9 Å². The number of para-hydroxylation sites is 2. The van der Waals surface area contributed by atoms with Crippen LogP contribution in [0.25, 0.3) is 0 Å². The Hall–Kier alpha value is -2.65. The average molecular weight is 394 g/mol. The normalized spacial score (nSPS) is 10.0. The molecular weight excluding hydrogens is 376 g/mol. The van der Waals surface area contributed by atoms with Crippen molar-refractivity contribution in [2.75, 3.05) is 32.0 Å². The van der Waals surface area contributed by atoms with Crippen molar-refractivity contribution in [3.8, 4) is 5.75 Å². The SMILES string of the molecule is COC(=O)c1sc(NC(=S)Nc2ccccc2OC)c(C(=O)OC)c1C. The van der Waals surface area contributed by atoms with Crippen molar-refractivity contribution >= 4 is 51.3 Å². The van der Waals surface area contributed by atoms with E-state index in [2.05, 4.69) is 10.6 Å². The van der Waals surface area contributed by atoms with Gasteiger partial charge in [-0.1, -0.05) is 12.1 Å². The lowest BCUT2D eigenvalue weighted by Crippen LogP contribution is -2.20. The fourth-order valence-corrected chi connectivity index (χ4v) is 3.64. The van der Waals surface area contributed by atoms with Gasteiger partial charge in [0.2, 0.25) is 0 Å². The van der Waals surface area contributed by atoms with E-state index in [1.807, 2.05) is 12.1 Å². The first kappa shape index (κ1) is 19.7. The highest BCUT2D eigenvalue weighted by molar-refractivity contribution is 7.80. The second-order valence-corrected chi connectivity index (χ2v) is 6.45. The smallest absolute Gasteiger partial charge is 0.348 e. The van der Waals surface area contributed by atoms with Crippen LogP contribution in [0.3, 0.4) is 0 Å². The Morgan fingerprint density at radius 3 is 2.31 bits per heavy atom. The number of hydrogen-bond donors (Lipinski definition) is 2. The Balaban J connectivity index is 2.31. The summed E-state index contributed by atoms with van der Waals surface area (Å²) in [4.78, 5) is 24.3. The molecule has 2 rings (SSSR count). The Bertz CT molecular complexity index is 848. The summed E-state index contributed by atoms with van der Waals surface area (Å²) in [5.74, 6) is -0.492. The van der Waals surface area contributed by atoms with E-state index in [1.54, 1.807) is 26.2 Å². The van der Waals surface area contributed by atoms with Gasteiger partial charge in [-0.15, -0.1) is 11.3 Å². The van der Waals surface area contributed by atoms with Crippen LogP contribution in [0, 0.1) is 6.92 Å². The van der Waals surface area contributed by atoms with Crippen LogP contribution in [-0.4, -0.2) is 38.4 Å². The molecule has 0 unspecified atom stereocenters. The largest absolute Gasteiger partial charge is 0.495 e. The van der Waals surface area contributed by atoms with Crippen LogP contribution in [0.4, 0.5) is 10.7 Å². The molecule has 0 saturated carbocycles. The molecule has 2 aromatic rings. The summed E-state index contributed by atoms with van der Waals surface area (Å²) in [6, 6.07) is 7.25. The molecule has 0 aliphatic carbocycles. The third-order valence-corrected chi connectivity index (χ3v) is 4.88. The van der Waals surface area contributed by atoms with Gasteiger partial charge in [0.05, 0.1) is 32.6 Å². The Morgan fingerprint density at radius 1 is 1.04 bits per heavy atom. The highest BCUT2D eigenvalue weighted by Crippen LogP contribution is 2.34. The maximum atomic E-state index is 12.1. The van der Waals surface area contributed by atoms with Gasteiger partial charge in [0.1, 0.15) is 15.6 Å². The number of hydrogen-bond acceptors (Lipinski definition) is 7. The van der Waals surface area contributed by atoms with Crippen LogP contribution < -0.4 is 15.4 Å². The number of methoxy groups -OCH3 is 3. The van der Waals surface area contributed by atoms with E-state index in [0.29, 0.717) is 26.9 Å². The summed E-state index contributed by atoms with van der Waals surface area (Å²) < 4.78 is 14.8. The van der Waals surface area contributed by atoms with E-state index < -0.39 is 11.9 Å². The maximum Gasteiger partial charge on any atom is 0.348 e. The van der Waals surface area contributed by atoms with Crippen LogP contribution in [0.15, 0.2) is 24.3 Å². The van der Waals surface area contributed by atoms with Crippen molar-refractivity contribution in [1.29, 1.82) is 0 Å². The van der Waals surface area contributed by atoms with Crippen molar-refractivity contribution in [1.82, 2.24) is 0 Å². The molecule has 0 amide bonds. The van der Waals surface area contributed by atoms with Crippen molar-refractivity contribution in [3.63, 3.8) is 0 Å². The van der Waals surface area contributed by atoms with Crippen LogP contribution in [0.1, 0.15) is 25.6 Å². The predicted molar refractivity (Wildman–Crippen MR) is 105 cm³/mol. The summed E-state index contributed by atoms with van der Waals surface area (Å²) in [5.41, 5.74) is 1.37. The molecule has 1 aromatic heterocycles. The molecule has 138 valence electrons. The third-order valence-electron chi connectivity index (χ3n) is 3.49. The zero-order chi connectivity index (χ0) is 19.3. The summed E-state index contributed by atoms with van der Waals surface area (Å²) in [6.07, 6.45) is 0. The third kappa shape index (κ3) is 4.12. The zero-order valence-electron chi connectivity index (χ0n) is 14.7. The minimum Gasteiger partial charge on any atom is -0.495 e. The molecule has 1 heterocycles. The molecule has 0 fully saturated rings. The molecule has 7 nitrogen and oxygen atoms in total. The van der Waals surface area contributed by atoms with Gasteiger partial charge in [-0.3, -0.25) is 0 Å². The molecule has 0 atom stereocenters. The summed E-state index contributed by atoms with van der Waals surface area (Å²) >= 11 is 6.38. The van der Waals surface area contributed by atoms with E-state index in [9.17, 15) is 9.59 Å². The van der Waals surface area contributed by atoms with E-state index >= 15 is 0 Å². The first-order valence-corrected chi connectivity index (χ1v) is 8.66. The van der Waals surface area contributed by atoms with E-state index in [-0.39, 0.29) is 10.7 Å². The number of thiophene rings is 1. The quantitative estimate of drug-likeness (QED) is 0.589. The van der Waals surface area contributed by atoms with Crippen LogP contribution in [0.2, 0.25) is 0 Å².